The molecule has 0 radical (unpaired) electrons. The molecule has 1 atom stereocenters. The van der Waals surface area contributed by atoms with Gasteiger partial charge in [-0.2, -0.15) is 0 Å². The maximum atomic E-state index is 5.87. The summed E-state index contributed by atoms with van der Waals surface area (Å²) in [5.74, 6) is 0.831. The molecule has 1 heterocycles. The van der Waals surface area contributed by atoms with E-state index in [9.17, 15) is 0 Å². The van der Waals surface area contributed by atoms with E-state index in [4.69, 9.17) is 4.74 Å². The summed E-state index contributed by atoms with van der Waals surface area (Å²) in [7, 11) is 0. The molecule has 0 aromatic carbocycles. The van der Waals surface area contributed by atoms with Gasteiger partial charge in [0.05, 0.1) is 12.2 Å². The predicted molar refractivity (Wildman–Crippen MR) is 92.7 cm³/mol. The first kappa shape index (κ1) is 19.0. The Morgan fingerprint density at radius 3 is 2.19 bits per heavy atom. The number of ether oxygens (including phenoxy) is 1. The Labute approximate surface area is 133 Å². The molecule has 1 unspecified atom stereocenters. The second-order valence-corrected chi connectivity index (χ2v) is 9.43. The van der Waals surface area contributed by atoms with Gasteiger partial charge >= 0.3 is 0 Å². The summed E-state index contributed by atoms with van der Waals surface area (Å²) in [5, 5.41) is 0. The third-order valence-electron chi connectivity index (χ3n) is 5.21. The highest BCUT2D eigenvalue weighted by Gasteiger charge is 2.38. The fourth-order valence-electron chi connectivity index (χ4n) is 3.66. The molecule has 0 bridgehead atoms. The fraction of sp³-hybridized carbons (Fsp3) is 1.00. The molecular weight excluding hydrogens is 258 g/mol. The van der Waals surface area contributed by atoms with Gasteiger partial charge in [0.15, 0.2) is 0 Å². The quantitative estimate of drug-likeness (QED) is 0.657. The summed E-state index contributed by atoms with van der Waals surface area (Å²) >= 11 is 0. The van der Waals surface area contributed by atoms with Gasteiger partial charge in [-0.05, 0) is 56.9 Å². The third kappa shape index (κ3) is 6.69. The van der Waals surface area contributed by atoms with E-state index in [1.165, 1.54) is 32.4 Å². The topological polar surface area (TPSA) is 12.5 Å². The average Bonchev–Trinajstić information content (AvgIpc) is 2.75. The Bertz CT molecular complexity index is 314. The minimum absolute atomic E-state index is 0.0104. The minimum Gasteiger partial charge on any atom is -0.375 e. The lowest BCUT2D eigenvalue weighted by atomic mass is 9.67. The van der Waals surface area contributed by atoms with Crippen LogP contribution in [0.4, 0.5) is 0 Å². The van der Waals surface area contributed by atoms with Crippen molar-refractivity contribution in [1.82, 2.24) is 4.90 Å². The first-order valence-electron chi connectivity index (χ1n) is 8.81. The summed E-state index contributed by atoms with van der Waals surface area (Å²) in [4.78, 5) is 2.59. The molecular formula is C19H39NO. The van der Waals surface area contributed by atoms with Gasteiger partial charge in [-0.25, -0.2) is 0 Å². The van der Waals surface area contributed by atoms with E-state index in [1.54, 1.807) is 0 Å². The monoisotopic (exact) mass is 297 g/mol. The second-order valence-electron chi connectivity index (χ2n) is 9.43. The van der Waals surface area contributed by atoms with Crippen LogP contribution in [0.1, 0.15) is 74.7 Å². The summed E-state index contributed by atoms with van der Waals surface area (Å²) in [5.41, 5.74) is 0.898. The van der Waals surface area contributed by atoms with Gasteiger partial charge in [0.2, 0.25) is 0 Å². The van der Waals surface area contributed by atoms with Gasteiger partial charge in [-0.3, -0.25) is 0 Å². The van der Waals surface area contributed by atoms with Crippen molar-refractivity contribution in [3.63, 3.8) is 0 Å². The Balaban J connectivity index is 2.42. The maximum absolute atomic E-state index is 5.87. The highest BCUT2D eigenvalue weighted by molar-refractivity contribution is 4.89. The minimum atomic E-state index is -0.0104. The molecule has 126 valence electrons. The summed E-state index contributed by atoms with van der Waals surface area (Å²) < 4.78 is 5.87. The molecule has 0 spiro atoms. The van der Waals surface area contributed by atoms with Gasteiger partial charge in [0.1, 0.15) is 0 Å². The normalized spacial score (nSPS) is 22.0. The van der Waals surface area contributed by atoms with Gasteiger partial charge in [-0.15, -0.1) is 0 Å². The number of rotatable bonds is 7. The third-order valence-corrected chi connectivity index (χ3v) is 5.21. The van der Waals surface area contributed by atoms with Crippen LogP contribution >= 0.6 is 0 Å². The van der Waals surface area contributed by atoms with Gasteiger partial charge < -0.3 is 9.64 Å². The molecule has 2 heteroatoms. The first-order chi connectivity index (χ1) is 9.45. The van der Waals surface area contributed by atoms with E-state index in [2.05, 4.69) is 60.3 Å². The number of hydrogen-bond acceptors (Lipinski definition) is 2. The van der Waals surface area contributed by atoms with Gasteiger partial charge in [0, 0.05) is 13.1 Å². The van der Waals surface area contributed by atoms with Crippen LogP contribution in [-0.2, 0) is 4.74 Å². The molecule has 0 aromatic heterocycles. The van der Waals surface area contributed by atoms with Gasteiger partial charge in [-0.1, -0.05) is 41.0 Å². The van der Waals surface area contributed by atoms with E-state index in [0.29, 0.717) is 10.8 Å². The van der Waals surface area contributed by atoms with Crippen LogP contribution in [0.2, 0.25) is 0 Å². The molecule has 1 fully saturated rings. The zero-order valence-electron chi connectivity index (χ0n) is 15.9. The molecule has 1 aliphatic heterocycles. The molecule has 0 amide bonds. The van der Waals surface area contributed by atoms with E-state index >= 15 is 0 Å². The number of hydrogen-bond donors (Lipinski definition) is 0. The zero-order chi connectivity index (χ0) is 16.3. The Morgan fingerprint density at radius 2 is 1.67 bits per heavy atom. The number of nitrogens with zero attached hydrogens (tertiary/aromatic N) is 1. The summed E-state index contributed by atoms with van der Waals surface area (Å²) in [6.07, 6.45) is 3.95. The second kappa shape index (κ2) is 7.00. The molecule has 0 N–H and O–H groups in total. The van der Waals surface area contributed by atoms with E-state index in [-0.39, 0.29) is 5.60 Å². The molecule has 0 saturated carbocycles. The smallest absolute Gasteiger partial charge is 0.0600 e. The molecule has 1 aliphatic rings. The molecule has 2 nitrogen and oxygen atoms in total. The fourth-order valence-corrected chi connectivity index (χ4v) is 3.66. The van der Waals surface area contributed by atoms with Crippen molar-refractivity contribution in [1.29, 1.82) is 0 Å². The van der Waals surface area contributed by atoms with Crippen molar-refractivity contribution < 1.29 is 4.74 Å². The van der Waals surface area contributed by atoms with Crippen molar-refractivity contribution in [3.8, 4) is 0 Å². The molecule has 1 saturated heterocycles. The Hall–Kier alpha value is -0.0800. The van der Waals surface area contributed by atoms with Crippen LogP contribution in [0.25, 0.3) is 0 Å². The lowest BCUT2D eigenvalue weighted by Crippen LogP contribution is -2.34. The maximum Gasteiger partial charge on any atom is 0.0600 e. The lowest BCUT2D eigenvalue weighted by molar-refractivity contribution is -0.0120. The van der Waals surface area contributed by atoms with Crippen LogP contribution in [0.3, 0.4) is 0 Å². The average molecular weight is 298 g/mol. The van der Waals surface area contributed by atoms with Gasteiger partial charge in [0.25, 0.3) is 0 Å². The van der Waals surface area contributed by atoms with E-state index < -0.39 is 0 Å². The first-order valence-corrected chi connectivity index (χ1v) is 8.81. The van der Waals surface area contributed by atoms with Crippen LogP contribution in [0, 0.1) is 16.7 Å². The lowest BCUT2D eigenvalue weighted by Gasteiger charge is -2.39. The molecule has 21 heavy (non-hydrogen) atoms. The molecule has 0 aliphatic carbocycles. The highest BCUT2D eigenvalue weighted by Crippen LogP contribution is 2.44. The zero-order valence-corrected chi connectivity index (χ0v) is 15.9. The Morgan fingerprint density at radius 1 is 1.05 bits per heavy atom. The van der Waals surface area contributed by atoms with Crippen molar-refractivity contribution in [3.05, 3.63) is 0 Å². The number of likely N-dealkylation sites (tertiary alicyclic amines) is 1. The molecule has 1 rings (SSSR count). The Kier molecular flexibility index (Phi) is 6.32. The summed E-state index contributed by atoms with van der Waals surface area (Å²) in [6, 6.07) is 0. The van der Waals surface area contributed by atoms with Crippen LogP contribution in [-0.4, -0.2) is 36.7 Å². The molecule has 0 aromatic rings. The van der Waals surface area contributed by atoms with Crippen LogP contribution in [0.15, 0.2) is 0 Å². The van der Waals surface area contributed by atoms with Crippen molar-refractivity contribution in [2.75, 3.05) is 26.2 Å². The van der Waals surface area contributed by atoms with Crippen molar-refractivity contribution in [2.45, 2.75) is 80.3 Å². The SMILES string of the molecule is CCC(C)(C)CC(C)(C)C1CCN(CCOC(C)(C)C)C1. The van der Waals surface area contributed by atoms with Crippen LogP contribution < -0.4 is 0 Å². The van der Waals surface area contributed by atoms with Crippen LogP contribution in [0.5, 0.6) is 0 Å². The summed E-state index contributed by atoms with van der Waals surface area (Å²) in [6.45, 7) is 22.9. The predicted octanol–water partition coefficient (Wildman–Crippen LogP) is 4.98. The standard InChI is InChI=1S/C19H39NO/c1-9-18(5,6)15-19(7,8)16-10-11-20(14-16)12-13-21-17(2,3)4/h16H,9-15H2,1-8H3. The van der Waals surface area contributed by atoms with E-state index in [0.717, 1.165) is 19.1 Å². The van der Waals surface area contributed by atoms with E-state index in [1.807, 2.05) is 0 Å². The largest absolute Gasteiger partial charge is 0.375 e. The van der Waals surface area contributed by atoms with Crippen molar-refractivity contribution >= 4 is 0 Å². The van der Waals surface area contributed by atoms with Crippen molar-refractivity contribution in [2.24, 2.45) is 16.7 Å². The highest BCUT2D eigenvalue weighted by atomic mass is 16.5.